The Kier molecular flexibility index (Phi) is 6.79. The Balaban J connectivity index is 1.88. The van der Waals surface area contributed by atoms with Gasteiger partial charge in [0.15, 0.2) is 0 Å². The highest BCUT2D eigenvalue weighted by Gasteiger charge is 2.22. The zero-order valence-corrected chi connectivity index (χ0v) is 17.5. The van der Waals surface area contributed by atoms with Gasteiger partial charge in [0.1, 0.15) is 10.6 Å². The van der Waals surface area contributed by atoms with Crippen molar-refractivity contribution in [3.8, 4) is 11.1 Å². The topological polar surface area (TPSA) is 55.4 Å². The van der Waals surface area contributed by atoms with Crippen LogP contribution in [0.1, 0.15) is 22.8 Å². The van der Waals surface area contributed by atoms with Gasteiger partial charge in [-0.25, -0.2) is 4.79 Å². The SMILES string of the molecule is CCOC(=O)c1c(-c2ccc(Br)cc2)csc1NC(=O)/C=C/c1ccccc1. The van der Waals surface area contributed by atoms with Crippen LogP contribution in [-0.4, -0.2) is 18.5 Å². The van der Waals surface area contributed by atoms with Crippen molar-refractivity contribution in [3.05, 3.63) is 81.7 Å². The van der Waals surface area contributed by atoms with Crippen molar-refractivity contribution in [2.45, 2.75) is 6.92 Å². The molecule has 0 aliphatic rings. The minimum atomic E-state index is -0.455. The van der Waals surface area contributed by atoms with Gasteiger partial charge in [0.05, 0.1) is 6.61 Å². The molecule has 2 aromatic carbocycles. The van der Waals surface area contributed by atoms with Gasteiger partial charge in [0.25, 0.3) is 0 Å². The Hall–Kier alpha value is -2.70. The van der Waals surface area contributed by atoms with Crippen molar-refractivity contribution in [2.75, 3.05) is 11.9 Å². The van der Waals surface area contributed by atoms with Gasteiger partial charge in [-0.15, -0.1) is 11.3 Å². The summed E-state index contributed by atoms with van der Waals surface area (Å²) in [7, 11) is 0. The maximum atomic E-state index is 12.6. The second kappa shape index (κ2) is 9.48. The number of hydrogen-bond donors (Lipinski definition) is 1. The predicted molar refractivity (Wildman–Crippen MR) is 118 cm³/mol. The summed E-state index contributed by atoms with van der Waals surface area (Å²) in [4.78, 5) is 24.9. The van der Waals surface area contributed by atoms with Gasteiger partial charge in [-0.05, 0) is 36.3 Å². The van der Waals surface area contributed by atoms with Crippen LogP contribution in [0.2, 0.25) is 0 Å². The summed E-state index contributed by atoms with van der Waals surface area (Å²) in [6.07, 6.45) is 3.17. The summed E-state index contributed by atoms with van der Waals surface area (Å²) in [5, 5.41) is 5.13. The quantitative estimate of drug-likeness (QED) is 0.365. The van der Waals surface area contributed by atoms with Crippen LogP contribution in [0.4, 0.5) is 5.00 Å². The molecular weight excluding hydrogens is 438 g/mol. The van der Waals surface area contributed by atoms with E-state index in [-0.39, 0.29) is 12.5 Å². The summed E-state index contributed by atoms with van der Waals surface area (Å²) in [5.41, 5.74) is 2.90. The molecule has 0 bridgehead atoms. The smallest absolute Gasteiger partial charge is 0.341 e. The second-order valence-electron chi connectivity index (χ2n) is 5.81. The first kappa shape index (κ1) is 20.0. The van der Waals surface area contributed by atoms with E-state index in [1.807, 2.05) is 60.0 Å². The highest BCUT2D eigenvalue weighted by Crippen LogP contribution is 2.36. The van der Waals surface area contributed by atoms with Crippen LogP contribution in [0.3, 0.4) is 0 Å². The lowest BCUT2D eigenvalue weighted by atomic mass is 10.0. The van der Waals surface area contributed by atoms with Gasteiger partial charge in [-0.1, -0.05) is 58.4 Å². The van der Waals surface area contributed by atoms with Gasteiger partial charge in [0, 0.05) is 21.5 Å². The van der Waals surface area contributed by atoms with E-state index in [9.17, 15) is 9.59 Å². The minimum Gasteiger partial charge on any atom is -0.462 e. The molecule has 0 saturated heterocycles. The molecule has 0 fully saturated rings. The fraction of sp³-hybridized carbons (Fsp3) is 0.0909. The molecule has 0 saturated carbocycles. The molecule has 0 radical (unpaired) electrons. The van der Waals surface area contributed by atoms with Gasteiger partial charge >= 0.3 is 5.97 Å². The number of nitrogens with one attached hydrogen (secondary N) is 1. The maximum absolute atomic E-state index is 12.6. The lowest BCUT2D eigenvalue weighted by Gasteiger charge is -2.08. The van der Waals surface area contributed by atoms with E-state index in [1.54, 1.807) is 13.0 Å². The van der Waals surface area contributed by atoms with Crippen LogP contribution in [-0.2, 0) is 9.53 Å². The minimum absolute atomic E-state index is 0.260. The molecule has 142 valence electrons. The van der Waals surface area contributed by atoms with E-state index >= 15 is 0 Å². The molecule has 28 heavy (non-hydrogen) atoms. The zero-order chi connectivity index (χ0) is 19.9. The predicted octanol–water partition coefficient (Wildman–Crippen LogP) is 6.01. The van der Waals surface area contributed by atoms with E-state index in [0.717, 1.165) is 21.2 Å². The fourth-order valence-corrected chi connectivity index (χ4v) is 3.81. The number of carbonyl (C=O) groups excluding carboxylic acids is 2. The molecule has 6 heteroatoms. The molecule has 1 N–H and O–H groups in total. The third-order valence-corrected chi connectivity index (χ3v) is 5.31. The van der Waals surface area contributed by atoms with Crippen molar-refractivity contribution in [2.24, 2.45) is 0 Å². The van der Waals surface area contributed by atoms with Gasteiger partial charge in [-0.2, -0.15) is 0 Å². The Bertz CT molecular complexity index is 994. The molecule has 0 unspecified atom stereocenters. The Morgan fingerprint density at radius 2 is 1.82 bits per heavy atom. The Morgan fingerprint density at radius 1 is 1.11 bits per heavy atom. The third kappa shape index (κ3) is 4.97. The van der Waals surface area contributed by atoms with E-state index in [1.165, 1.54) is 17.4 Å². The number of ether oxygens (including phenoxy) is 1. The number of halogens is 1. The number of carbonyl (C=O) groups is 2. The Labute approximate surface area is 176 Å². The summed E-state index contributed by atoms with van der Waals surface area (Å²) < 4.78 is 6.16. The fourth-order valence-electron chi connectivity index (χ4n) is 2.59. The van der Waals surface area contributed by atoms with Crippen molar-refractivity contribution < 1.29 is 14.3 Å². The average molecular weight is 456 g/mol. The summed E-state index contributed by atoms with van der Waals surface area (Å²) in [6.45, 7) is 2.01. The van der Waals surface area contributed by atoms with E-state index < -0.39 is 5.97 Å². The number of anilines is 1. The highest BCUT2D eigenvalue weighted by atomic mass is 79.9. The van der Waals surface area contributed by atoms with Crippen LogP contribution in [0.5, 0.6) is 0 Å². The molecule has 0 spiro atoms. The maximum Gasteiger partial charge on any atom is 0.341 e. The molecule has 3 rings (SSSR count). The zero-order valence-electron chi connectivity index (χ0n) is 15.1. The van der Waals surface area contributed by atoms with Crippen molar-refractivity contribution >= 4 is 50.2 Å². The third-order valence-electron chi connectivity index (χ3n) is 3.89. The standard InChI is InChI=1S/C22H18BrNO3S/c1-2-27-22(26)20-18(16-9-11-17(23)12-10-16)14-28-21(20)24-19(25)13-8-15-6-4-3-5-7-15/h3-14H,2H2,1H3,(H,24,25)/b13-8+. The monoisotopic (exact) mass is 455 g/mol. The van der Waals surface area contributed by atoms with Gasteiger partial charge < -0.3 is 10.1 Å². The summed E-state index contributed by atoms with van der Waals surface area (Å²) in [6, 6.07) is 17.2. The summed E-state index contributed by atoms with van der Waals surface area (Å²) >= 11 is 4.71. The van der Waals surface area contributed by atoms with E-state index in [0.29, 0.717) is 10.6 Å². The molecule has 3 aromatic rings. The lowest BCUT2D eigenvalue weighted by molar-refractivity contribution is -0.111. The average Bonchev–Trinajstić information content (AvgIpc) is 3.11. The number of rotatable bonds is 6. The van der Waals surface area contributed by atoms with Gasteiger partial charge in [0.2, 0.25) is 5.91 Å². The highest BCUT2D eigenvalue weighted by molar-refractivity contribution is 9.10. The molecular formula is C22H18BrNO3S. The molecule has 0 aliphatic heterocycles. The van der Waals surface area contributed by atoms with Crippen molar-refractivity contribution in [1.29, 1.82) is 0 Å². The number of esters is 1. The largest absolute Gasteiger partial charge is 0.462 e. The summed E-state index contributed by atoms with van der Waals surface area (Å²) in [5.74, 6) is -0.761. The lowest BCUT2D eigenvalue weighted by Crippen LogP contribution is -2.12. The van der Waals surface area contributed by atoms with Crippen LogP contribution in [0.15, 0.2) is 70.5 Å². The normalized spacial score (nSPS) is 10.8. The van der Waals surface area contributed by atoms with Crippen LogP contribution in [0.25, 0.3) is 17.2 Å². The molecule has 0 aliphatic carbocycles. The van der Waals surface area contributed by atoms with E-state index in [2.05, 4.69) is 21.2 Å². The van der Waals surface area contributed by atoms with Crippen LogP contribution >= 0.6 is 27.3 Å². The van der Waals surface area contributed by atoms with Gasteiger partial charge in [-0.3, -0.25) is 4.79 Å². The molecule has 4 nitrogen and oxygen atoms in total. The first-order chi connectivity index (χ1) is 13.6. The Morgan fingerprint density at radius 3 is 2.50 bits per heavy atom. The number of thiophene rings is 1. The van der Waals surface area contributed by atoms with E-state index in [4.69, 9.17) is 4.74 Å². The van der Waals surface area contributed by atoms with Crippen LogP contribution in [0, 0.1) is 0 Å². The van der Waals surface area contributed by atoms with Crippen molar-refractivity contribution in [1.82, 2.24) is 0 Å². The molecule has 0 atom stereocenters. The number of amides is 1. The molecule has 1 amide bonds. The molecule has 1 aromatic heterocycles. The number of benzene rings is 2. The molecule has 1 heterocycles. The van der Waals surface area contributed by atoms with Crippen LogP contribution < -0.4 is 5.32 Å². The first-order valence-electron chi connectivity index (χ1n) is 8.67. The number of hydrogen-bond acceptors (Lipinski definition) is 4. The first-order valence-corrected chi connectivity index (χ1v) is 10.3. The van der Waals surface area contributed by atoms with Crippen molar-refractivity contribution in [3.63, 3.8) is 0 Å². The second-order valence-corrected chi connectivity index (χ2v) is 7.61.